The predicted molar refractivity (Wildman–Crippen MR) is 89.7 cm³/mol. The van der Waals surface area contributed by atoms with Crippen LogP contribution in [0.25, 0.3) is 0 Å². The van der Waals surface area contributed by atoms with Gasteiger partial charge in [0.25, 0.3) is 0 Å². The van der Waals surface area contributed by atoms with E-state index in [0.717, 1.165) is 6.42 Å². The molecule has 0 radical (unpaired) electrons. The standard InChI is InChI=1S/C17H21NS2/c1-12(10-14-6-4-3-5-7-14)18-16-11-13(2)20-17-15(16)8-9-19-17/h3-9,12-13,16,18H,10-11H2,1-2H3/t12?,13-,16?/m0/s1. The van der Waals surface area contributed by atoms with Gasteiger partial charge in [0.2, 0.25) is 0 Å². The zero-order valence-electron chi connectivity index (χ0n) is 12.0. The Bertz CT molecular complexity index is 549. The SMILES string of the molecule is CC(Cc1ccccc1)NC1C[C@H](C)Sc2sccc21. The Balaban J connectivity index is 1.66. The lowest BCUT2D eigenvalue weighted by atomic mass is 10.0. The largest absolute Gasteiger partial charge is 0.307 e. The van der Waals surface area contributed by atoms with Gasteiger partial charge in [-0.2, -0.15) is 0 Å². The second-order valence-corrected chi connectivity index (χ2v) is 8.26. The van der Waals surface area contributed by atoms with E-state index in [0.29, 0.717) is 17.3 Å². The molecule has 1 aromatic carbocycles. The quantitative estimate of drug-likeness (QED) is 0.862. The van der Waals surface area contributed by atoms with E-state index in [1.165, 1.54) is 21.8 Å². The van der Waals surface area contributed by atoms with Crippen LogP contribution in [-0.2, 0) is 6.42 Å². The number of rotatable bonds is 4. The first-order valence-corrected chi connectivity index (χ1v) is 9.02. The minimum atomic E-state index is 0.505. The van der Waals surface area contributed by atoms with Crippen molar-refractivity contribution in [2.24, 2.45) is 0 Å². The highest BCUT2D eigenvalue weighted by molar-refractivity contribution is 8.01. The van der Waals surface area contributed by atoms with Crippen molar-refractivity contribution in [3.8, 4) is 0 Å². The van der Waals surface area contributed by atoms with Crippen LogP contribution in [0.1, 0.15) is 37.4 Å². The molecule has 1 nitrogen and oxygen atoms in total. The lowest BCUT2D eigenvalue weighted by Crippen LogP contribution is -2.34. The van der Waals surface area contributed by atoms with Gasteiger partial charge in [-0.3, -0.25) is 0 Å². The first kappa shape index (κ1) is 14.2. The molecule has 0 saturated heterocycles. The van der Waals surface area contributed by atoms with Crippen molar-refractivity contribution in [1.82, 2.24) is 5.32 Å². The summed E-state index contributed by atoms with van der Waals surface area (Å²) in [6.45, 7) is 4.63. The minimum Gasteiger partial charge on any atom is -0.307 e. The molecule has 0 aliphatic carbocycles. The summed E-state index contributed by atoms with van der Waals surface area (Å²) in [6, 6.07) is 14.1. The molecular weight excluding hydrogens is 282 g/mol. The molecule has 0 saturated carbocycles. The maximum atomic E-state index is 3.83. The average molecular weight is 303 g/mol. The topological polar surface area (TPSA) is 12.0 Å². The number of nitrogens with one attached hydrogen (secondary N) is 1. The molecule has 20 heavy (non-hydrogen) atoms. The third kappa shape index (κ3) is 3.27. The second-order valence-electron chi connectivity index (χ2n) is 5.64. The van der Waals surface area contributed by atoms with Crippen LogP contribution in [0.4, 0.5) is 0 Å². The monoisotopic (exact) mass is 303 g/mol. The molecule has 2 unspecified atom stereocenters. The molecule has 2 aromatic rings. The zero-order valence-corrected chi connectivity index (χ0v) is 13.6. The molecule has 0 amide bonds. The average Bonchev–Trinajstić information content (AvgIpc) is 2.88. The predicted octanol–water partition coefficient (Wildman–Crippen LogP) is 4.89. The van der Waals surface area contributed by atoms with Gasteiger partial charge in [0, 0.05) is 17.3 Å². The molecule has 3 heteroatoms. The van der Waals surface area contributed by atoms with Crippen LogP contribution in [0, 0.1) is 0 Å². The van der Waals surface area contributed by atoms with Gasteiger partial charge in [-0.05, 0) is 42.3 Å². The molecule has 2 heterocycles. The highest BCUT2D eigenvalue weighted by Gasteiger charge is 2.26. The summed E-state index contributed by atoms with van der Waals surface area (Å²) in [6.07, 6.45) is 2.33. The van der Waals surface area contributed by atoms with Gasteiger partial charge in [0.05, 0.1) is 4.21 Å². The summed E-state index contributed by atoms with van der Waals surface area (Å²) >= 11 is 3.92. The molecule has 1 aromatic heterocycles. The molecular formula is C17H21NS2. The third-order valence-electron chi connectivity index (χ3n) is 3.78. The first-order chi connectivity index (χ1) is 9.72. The number of hydrogen-bond acceptors (Lipinski definition) is 3. The van der Waals surface area contributed by atoms with Gasteiger partial charge < -0.3 is 5.32 Å². The highest BCUT2D eigenvalue weighted by atomic mass is 32.2. The van der Waals surface area contributed by atoms with Crippen LogP contribution in [0.5, 0.6) is 0 Å². The van der Waals surface area contributed by atoms with E-state index >= 15 is 0 Å². The summed E-state index contributed by atoms with van der Waals surface area (Å²) in [4.78, 5) is 0. The van der Waals surface area contributed by atoms with E-state index in [9.17, 15) is 0 Å². The van der Waals surface area contributed by atoms with Gasteiger partial charge in [-0.25, -0.2) is 0 Å². The van der Waals surface area contributed by atoms with Crippen molar-refractivity contribution in [1.29, 1.82) is 0 Å². The molecule has 3 rings (SSSR count). The normalized spacial score (nSPS) is 23.3. The highest BCUT2D eigenvalue weighted by Crippen LogP contribution is 2.43. The van der Waals surface area contributed by atoms with Gasteiger partial charge in [0.1, 0.15) is 0 Å². The Hall–Kier alpha value is -0.770. The van der Waals surface area contributed by atoms with E-state index in [-0.39, 0.29) is 0 Å². The Morgan fingerprint density at radius 1 is 1.25 bits per heavy atom. The van der Waals surface area contributed by atoms with Crippen LogP contribution in [0.3, 0.4) is 0 Å². The van der Waals surface area contributed by atoms with E-state index < -0.39 is 0 Å². The molecule has 1 aliphatic heterocycles. The fourth-order valence-electron chi connectivity index (χ4n) is 2.88. The Morgan fingerprint density at radius 2 is 2.05 bits per heavy atom. The fraction of sp³-hybridized carbons (Fsp3) is 0.412. The van der Waals surface area contributed by atoms with Gasteiger partial charge in [-0.1, -0.05) is 37.3 Å². The van der Waals surface area contributed by atoms with Crippen LogP contribution in [0.2, 0.25) is 0 Å². The van der Waals surface area contributed by atoms with E-state index in [1.807, 2.05) is 23.1 Å². The zero-order chi connectivity index (χ0) is 13.9. The van der Waals surface area contributed by atoms with Crippen molar-refractivity contribution < 1.29 is 0 Å². The molecule has 0 spiro atoms. The summed E-state index contributed by atoms with van der Waals surface area (Å²) in [5, 5.41) is 6.77. The van der Waals surface area contributed by atoms with Crippen LogP contribution in [0.15, 0.2) is 46.0 Å². The molecule has 1 N–H and O–H groups in total. The van der Waals surface area contributed by atoms with Crippen molar-refractivity contribution in [2.75, 3.05) is 0 Å². The Labute approximate surface area is 129 Å². The van der Waals surface area contributed by atoms with Crippen LogP contribution in [-0.4, -0.2) is 11.3 Å². The van der Waals surface area contributed by atoms with E-state index in [1.54, 1.807) is 0 Å². The van der Waals surface area contributed by atoms with Crippen LogP contribution >= 0.6 is 23.1 Å². The fourth-order valence-corrected chi connectivity index (χ4v) is 5.44. The summed E-state index contributed by atoms with van der Waals surface area (Å²) in [7, 11) is 0. The van der Waals surface area contributed by atoms with Crippen molar-refractivity contribution in [3.63, 3.8) is 0 Å². The van der Waals surface area contributed by atoms with Gasteiger partial charge in [-0.15, -0.1) is 23.1 Å². The first-order valence-electron chi connectivity index (χ1n) is 7.26. The maximum Gasteiger partial charge on any atom is 0.0649 e. The van der Waals surface area contributed by atoms with Crippen molar-refractivity contribution >= 4 is 23.1 Å². The molecule has 3 atom stereocenters. The smallest absolute Gasteiger partial charge is 0.0649 e. The Kier molecular flexibility index (Phi) is 4.49. The van der Waals surface area contributed by atoms with Crippen LogP contribution < -0.4 is 5.32 Å². The number of benzene rings is 1. The minimum absolute atomic E-state index is 0.505. The third-order valence-corrected chi connectivity index (χ3v) is 6.12. The van der Waals surface area contributed by atoms with E-state index in [2.05, 4.69) is 60.9 Å². The Morgan fingerprint density at radius 3 is 2.85 bits per heavy atom. The number of fused-ring (bicyclic) bond motifs is 1. The summed E-state index contributed by atoms with van der Waals surface area (Å²) in [5.74, 6) is 0. The number of thiophene rings is 1. The number of thioether (sulfide) groups is 1. The lowest BCUT2D eigenvalue weighted by Gasteiger charge is -2.30. The number of hydrogen-bond donors (Lipinski definition) is 1. The maximum absolute atomic E-state index is 3.83. The molecule has 1 aliphatic rings. The molecule has 0 bridgehead atoms. The molecule has 0 fully saturated rings. The van der Waals surface area contributed by atoms with E-state index in [4.69, 9.17) is 0 Å². The van der Waals surface area contributed by atoms with Crippen molar-refractivity contribution in [2.45, 2.75) is 48.2 Å². The molecule has 106 valence electrons. The summed E-state index contributed by atoms with van der Waals surface area (Å²) < 4.78 is 1.51. The second kappa shape index (κ2) is 6.33. The van der Waals surface area contributed by atoms with Gasteiger partial charge in [0.15, 0.2) is 0 Å². The van der Waals surface area contributed by atoms with Crippen molar-refractivity contribution in [3.05, 3.63) is 52.9 Å². The summed E-state index contributed by atoms with van der Waals surface area (Å²) in [5.41, 5.74) is 2.93. The van der Waals surface area contributed by atoms with Gasteiger partial charge >= 0.3 is 0 Å². The lowest BCUT2D eigenvalue weighted by molar-refractivity contribution is 0.425.